The lowest BCUT2D eigenvalue weighted by atomic mass is 10.1. The van der Waals surface area contributed by atoms with Crippen LogP contribution in [0.1, 0.15) is 17.5 Å². The molecule has 4 nitrogen and oxygen atoms in total. The smallest absolute Gasteiger partial charge is 0.232 e. The molecule has 0 saturated heterocycles. The number of halogens is 1. The minimum atomic E-state index is 0.501. The fraction of sp³-hybridized carbons (Fsp3) is 0.333. The molecule has 2 aromatic rings. The van der Waals surface area contributed by atoms with Crippen LogP contribution in [-0.4, -0.2) is 23.6 Å². The SMILES string of the molecule is CNCc1cnc(OCCCc2ccncc2)c(Cl)c1. The predicted molar refractivity (Wildman–Crippen MR) is 80.1 cm³/mol. The van der Waals surface area contributed by atoms with E-state index in [2.05, 4.69) is 15.3 Å². The van der Waals surface area contributed by atoms with Gasteiger partial charge in [0.1, 0.15) is 5.02 Å². The summed E-state index contributed by atoms with van der Waals surface area (Å²) in [5.74, 6) is 0.501. The molecule has 0 bridgehead atoms. The molecule has 0 aromatic carbocycles. The number of pyridine rings is 2. The molecule has 0 radical (unpaired) electrons. The maximum absolute atomic E-state index is 6.14. The first-order valence-electron chi connectivity index (χ1n) is 6.60. The molecule has 0 aliphatic rings. The molecule has 106 valence electrons. The molecule has 1 N–H and O–H groups in total. The Morgan fingerprint density at radius 1 is 1.25 bits per heavy atom. The lowest BCUT2D eigenvalue weighted by Crippen LogP contribution is -2.06. The van der Waals surface area contributed by atoms with Gasteiger partial charge >= 0.3 is 0 Å². The van der Waals surface area contributed by atoms with E-state index < -0.39 is 0 Å². The van der Waals surface area contributed by atoms with E-state index in [0.29, 0.717) is 17.5 Å². The first-order valence-corrected chi connectivity index (χ1v) is 6.98. The van der Waals surface area contributed by atoms with E-state index >= 15 is 0 Å². The first kappa shape index (κ1) is 14.8. The molecule has 0 unspecified atom stereocenters. The normalized spacial score (nSPS) is 10.5. The van der Waals surface area contributed by atoms with E-state index in [1.807, 2.05) is 25.2 Å². The van der Waals surface area contributed by atoms with Crippen LogP contribution in [0.3, 0.4) is 0 Å². The van der Waals surface area contributed by atoms with Gasteiger partial charge in [-0.1, -0.05) is 11.6 Å². The summed E-state index contributed by atoms with van der Waals surface area (Å²) < 4.78 is 5.61. The maximum Gasteiger partial charge on any atom is 0.232 e. The minimum absolute atomic E-state index is 0.501. The standard InChI is InChI=1S/C15H18ClN3O/c1-17-10-13-9-14(16)15(19-11-13)20-8-2-3-12-4-6-18-7-5-12/h4-7,9,11,17H,2-3,8,10H2,1H3. The predicted octanol–water partition coefficient (Wildman–Crippen LogP) is 2.86. The van der Waals surface area contributed by atoms with Gasteiger partial charge in [-0.25, -0.2) is 4.98 Å². The van der Waals surface area contributed by atoms with Gasteiger partial charge in [0.05, 0.1) is 6.61 Å². The van der Waals surface area contributed by atoms with Crippen molar-refractivity contribution in [1.29, 1.82) is 0 Å². The number of hydrogen-bond donors (Lipinski definition) is 1. The van der Waals surface area contributed by atoms with E-state index in [-0.39, 0.29) is 0 Å². The van der Waals surface area contributed by atoms with Gasteiger partial charge in [-0.15, -0.1) is 0 Å². The zero-order chi connectivity index (χ0) is 14.2. The van der Waals surface area contributed by atoms with Crippen LogP contribution in [0.25, 0.3) is 0 Å². The second-order valence-electron chi connectivity index (χ2n) is 4.47. The summed E-state index contributed by atoms with van der Waals surface area (Å²) in [6.07, 6.45) is 7.25. The molecule has 2 rings (SSSR count). The Labute approximate surface area is 124 Å². The lowest BCUT2D eigenvalue weighted by Gasteiger charge is -2.08. The average molecular weight is 292 g/mol. The van der Waals surface area contributed by atoms with Crippen LogP contribution in [0.2, 0.25) is 5.02 Å². The number of hydrogen-bond acceptors (Lipinski definition) is 4. The molecular formula is C15H18ClN3O. The average Bonchev–Trinajstić information content (AvgIpc) is 2.47. The van der Waals surface area contributed by atoms with Gasteiger partial charge < -0.3 is 10.1 Å². The highest BCUT2D eigenvalue weighted by atomic mass is 35.5. The molecule has 2 aromatic heterocycles. The molecule has 0 aliphatic heterocycles. The van der Waals surface area contributed by atoms with Crippen LogP contribution < -0.4 is 10.1 Å². The highest BCUT2D eigenvalue weighted by Gasteiger charge is 2.04. The molecule has 0 aliphatic carbocycles. The van der Waals surface area contributed by atoms with Crippen molar-refractivity contribution < 1.29 is 4.74 Å². The molecule has 0 spiro atoms. The van der Waals surface area contributed by atoms with Crippen LogP contribution in [0, 0.1) is 0 Å². The summed E-state index contributed by atoms with van der Waals surface area (Å²) >= 11 is 6.14. The van der Waals surface area contributed by atoms with E-state index in [9.17, 15) is 0 Å². The molecule has 0 atom stereocenters. The van der Waals surface area contributed by atoms with E-state index in [4.69, 9.17) is 16.3 Å². The Hall–Kier alpha value is -1.65. The molecule has 0 saturated carbocycles. The van der Waals surface area contributed by atoms with E-state index in [1.54, 1.807) is 18.6 Å². The zero-order valence-electron chi connectivity index (χ0n) is 11.5. The van der Waals surface area contributed by atoms with Gasteiger partial charge in [-0.3, -0.25) is 4.98 Å². The van der Waals surface area contributed by atoms with E-state index in [1.165, 1.54) is 5.56 Å². The highest BCUT2D eigenvalue weighted by Crippen LogP contribution is 2.22. The largest absolute Gasteiger partial charge is 0.477 e. The van der Waals surface area contributed by atoms with Crippen LogP contribution in [0.5, 0.6) is 5.88 Å². The van der Waals surface area contributed by atoms with Crippen molar-refractivity contribution in [1.82, 2.24) is 15.3 Å². The molecule has 0 amide bonds. The zero-order valence-corrected chi connectivity index (χ0v) is 12.2. The molecule has 0 fully saturated rings. The van der Waals surface area contributed by atoms with Gasteiger partial charge in [0, 0.05) is 25.1 Å². The van der Waals surface area contributed by atoms with Crippen molar-refractivity contribution in [3.8, 4) is 5.88 Å². The van der Waals surface area contributed by atoms with Crippen molar-refractivity contribution in [3.05, 3.63) is 52.9 Å². The maximum atomic E-state index is 6.14. The fourth-order valence-corrected chi connectivity index (χ4v) is 2.11. The number of aryl methyl sites for hydroxylation is 1. The third-order valence-electron chi connectivity index (χ3n) is 2.84. The van der Waals surface area contributed by atoms with Crippen LogP contribution in [0.15, 0.2) is 36.8 Å². The number of nitrogens with zero attached hydrogens (tertiary/aromatic N) is 2. The summed E-state index contributed by atoms with van der Waals surface area (Å²) in [5.41, 5.74) is 2.30. The highest BCUT2D eigenvalue weighted by molar-refractivity contribution is 6.31. The van der Waals surface area contributed by atoms with Crippen LogP contribution in [0.4, 0.5) is 0 Å². The Kier molecular flexibility index (Phi) is 5.77. The Morgan fingerprint density at radius 3 is 2.75 bits per heavy atom. The van der Waals surface area contributed by atoms with E-state index in [0.717, 1.165) is 24.9 Å². The molecular weight excluding hydrogens is 274 g/mol. The number of aromatic nitrogens is 2. The quantitative estimate of drug-likeness (QED) is 0.797. The Bertz CT molecular complexity index is 534. The third kappa shape index (κ3) is 4.47. The summed E-state index contributed by atoms with van der Waals surface area (Å²) in [5, 5.41) is 3.61. The van der Waals surface area contributed by atoms with Crippen molar-refractivity contribution in [2.24, 2.45) is 0 Å². The van der Waals surface area contributed by atoms with Crippen molar-refractivity contribution in [2.75, 3.05) is 13.7 Å². The number of ether oxygens (including phenoxy) is 1. The van der Waals surface area contributed by atoms with Gasteiger partial charge in [-0.05, 0) is 49.2 Å². The third-order valence-corrected chi connectivity index (χ3v) is 3.11. The second-order valence-corrected chi connectivity index (χ2v) is 4.88. The summed E-state index contributed by atoms with van der Waals surface area (Å²) in [6.45, 7) is 1.34. The Balaban J connectivity index is 1.79. The summed E-state index contributed by atoms with van der Waals surface area (Å²) in [6, 6.07) is 5.90. The number of rotatable bonds is 7. The van der Waals surface area contributed by atoms with Crippen LogP contribution in [-0.2, 0) is 13.0 Å². The van der Waals surface area contributed by atoms with Crippen LogP contribution >= 0.6 is 11.6 Å². The minimum Gasteiger partial charge on any atom is -0.477 e. The number of nitrogens with one attached hydrogen (secondary N) is 1. The van der Waals surface area contributed by atoms with Gasteiger partial charge in [0.2, 0.25) is 5.88 Å². The topological polar surface area (TPSA) is 47.0 Å². The summed E-state index contributed by atoms with van der Waals surface area (Å²) in [7, 11) is 1.89. The fourth-order valence-electron chi connectivity index (χ4n) is 1.87. The Morgan fingerprint density at radius 2 is 2.05 bits per heavy atom. The molecule has 2 heterocycles. The molecule has 5 heteroatoms. The van der Waals surface area contributed by atoms with Gasteiger partial charge in [0.15, 0.2) is 0 Å². The first-order chi connectivity index (χ1) is 9.79. The van der Waals surface area contributed by atoms with Gasteiger partial charge in [-0.2, -0.15) is 0 Å². The lowest BCUT2D eigenvalue weighted by molar-refractivity contribution is 0.299. The summed E-state index contributed by atoms with van der Waals surface area (Å²) in [4.78, 5) is 8.23. The second kappa shape index (κ2) is 7.82. The van der Waals surface area contributed by atoms with Crippen molar-refractivity contribution >= 4 is 11.6 Å². The monoisotopic (exact) mass is 291 g/mol. The van der Waals surface area contributed by atoms with Gasteiger partial charge in [0.25, 0.3) is 0 Å². The van der Waals surface area contributed by atoms with Crippen molar-refractivity contribution in [3.63, 3.8) is 0 Å². The van der Waals surface area contributed by atoms with Crippen molar-refractivity contribution in [2.45, 2.75) is 19.4 Å². The molecule has 20 heavy (non-hydrogen) atoms.